The molecule has 1 aromatic carbocycles. The van der Waals surface area contributed by atoms with E-state index in [0.29, 0.717) is 0 Å². The molecule has 0 aliphatic carbocycles. The SMILES string of the molecule is Cc1ccc(NCCN2CCC(C(C)C)CC2)cc1. The van der Waals surface area contributed by atoms with Gasteiger partial charge in [-0.3, -0.25) is 0 Å². The predicted octanol–water partition coefficient (Wildman–Crippen LogP) is 3.77. The van der Waals surface area contributed by atoms with Crippen molar-refractivity contribution in [1.82, 2.24) is 4.90 Å². The van der Waals surface area contributed by atoms with Crippen LogP contribution in [0.4, 0.5) is 5.69 Å². The van der Waals surface area contributed by atoms with E-state index >= 15 is 0 Å². The monoisotopic (exact) mass is 260 g/mol. The van der Waals surface area contributed by atoms with Gasteiger partial charge in [0, 0.05) is 18.8 Å². The van der Waals surface area contributed by atoms with E-state index in [1.165, 1.54) is 43.7 Å². The number of nitrogens with one attached hydrogen (secondary N) is 1. The van der Waals surface area contributed by atoms with Crippen LogP contribution in [0, 0.1) is 18.8 Å². The van der Waals surface area contributed by atoms with Crippen molar-refractivity contribution in [2.24, 2.45) is 11.8 Å². The van der Waals surface area contributed by atoms with Crippen LogP contribution in [-0.2, 0) is 0 Å². The lowest BCUT2D eigenvalue weighted by molar-refractivity contribution is 0.162. The van der Waals surface area contributed by atoms with Crippen molar-refractivity contribution in [3.8, 4) is 0 Å². The average molecular weight is 260 g/mol. The second kappa shape index (κ2) is 6.95. The van der Waals surface area contributed by atoms with Crippen molar-refractivity contribution in [1.29, 1.82) is 0 Å². The summed E-state index contributed by atoms with van der Waals surface area (Å²) in [7, 11) is 0. The van der Waals surface area contributed by atoms with E-state index in [1.807, 2.05) is 0 Å². The highest BCUT2D eigenvalue weighted by Crippen LogP contribution is 2.24. The minimum absolute atomic E-state index is 0.854. The molecule has 0 bridgehead atoms. The highest BCUT2D eigenvalue weighted by molar-refractivity contribution is 5.44. The maximum absolute atomic E-state index is 3.51. The van der Waals surface area contributed by atoms with Gasteiger partial charge in [-0.2, -0.15) is 0 Å². The molecule has 1 heterocycles. The lowest BCUT2D eigenvalue weighted by Crippen LogP contribution is -2.37. The van der Waals surface area contributed by atoms with Crippen LogP contribution >= 0.6 is 0 Å². The molecule has 0 spiro atoms. The minimum Gasteiger partial charge on any atom is -0.384 e. The maximum Gasteiger partial charge on any atom is 0.0340 e. The molecule has 2 heteroatoms. The Morgan fingerprint density at radius 1 is 1.16 bits per heavy atom. The summed E-state index contributed by atoms with van der Waals surface area (Å²) in [5.74, 6) is 1.80. The number of piperidine rings is 1. The molecule has 1 aliphatic rings. The Labute approximate surface area is 118 Å². The first kappa shape index (κ1) is 14.4. The fourth-order valence-electron chi connectivity index (χ4n) is 2.87. The zero-order valence-electron chi connectivity index (χ0n) is 12.7. The van der Waals surface area contributed by atoms with Gasteiger partial charge in [-0.15, -0.1) is 0 Å². The Morgan fingerprint density at radius 3 is 2.37 bits per heavy atom. The Morgan fingerprint density at radius 2 is 1.79 bits per heavy atom. The summed E-state index contributed by atoms with van der Waals surface area (Å²) in [6.45, 7) is 11.6. The second-order valence-electron chi connectivity index (χ2n) is 6.22. The largest absolute Gasteiger partial charge is 0.384 e. The molecule has 1 N–H and O–H groups in total. The topological polar surface area (TPSA) is 15.3 Å². The lowest BCUT2D eigenvalue weighted by Gasteiger charge is -2.33. The molecule has 1 aliphatic heterocycles. The molecule has 1 aromatic rings. The fraction of sp³-hybridized carbons (Fsp3) is 0.647. The molecule has 2 rings (SSSR count). The summed E-state index contributed by atoms with van der Waals surface area (Å²) in [5.41, 5.74) is 2.56. The van der Waals surface area contributed by atoms with E-state index in [2.05, 4.69) is 55.3 Å². The number of rotatable bonds is 5. The van der Waals surface area contributed by atoms with E-state index in [4.69, 9.17) is 0 Å². The Hall–Kier alpha value is -1.02. The number of benzene rings is 1. The summed E-state index contributed by atoms with van der Waals surface area (Å²) < 4.78 is 0. The molecule has 0 amide bonds. The first-order valence-corrected chi connectivity index (χ1v) is 7.68. The molecule has 1 fully saturated rings. The summed E-state index contributed by atoms with van der Waals surface area (Å²) in [6.07, 6.45) is 2.75. The van der Waals surface area contributed by atoms with Crippen LogP contribution in [0.5, 0.6) is 0 Å². The summed E-state index contributed by atoms with van der Waals surface area (Å²) in [5, 5.41) is 3.51. The standard InChI is InChI=1S/C17H28N2/c1-14(2)16-8-11-19(12-9-16)13-10-18-17-6-4-15(3)5-7-17/h4-7,14,16,18H,8-13H2,1-3H3. The number of likely N-dealkylation sites (tertiary alicyclic amines) is 1. The van der Waals surface area contributed by atoms with Crippen LogP contribution in [0.25, 0.3) is 0 Å². The lowest BCUT2D eigenvalue weighted by atomic mass is 9.87. The third-order valence-electron chi connectivity index (χ3n) is 4.38. The van der Waals surface area contributed by atoms with Gasteiger partial charge in [0.15, 0.2) is 0 Å². The first-order chi connectivity index (χ1) is 9.15. The molecular formula is C17H28N2. The van der Waals surface area contributed by atoms with Gasteiger partial charge in [0.05, 0.1) is 0 Å². The zero-order chi connectivity index (χ0) is 13.7. The smallest absolute Gasteiger partial charge is 0.0340 e. The molecule has 0 aromatic heterocycles. The highest BCUT2D eigenvalue weighted by atomic mass is 15.1. The minimum atomic E-state index is 0.854. The van der Waals surface area contributed by atoms with Crippen molar-refractivity contribution in [2.45, 2.75) is 33.6 Å². The van der Waals surface area contributed by atoms with Crippen LogP contribution in [-0.4, -0.2) is 31.1 Å². The second-order valence-corrected chi connectivity index (χ2v) is 6.22. The number of nitrogens with zero attached hydrogens (tertiary/aromatic N) is 1. The van der Waals surface area contributed by atoms with Crippen molar-refractivity contribution < 1.29 is 0 Å². The number of hydrogen-bond donors (Lipinski definition) is 1. The summed E-state index contributed by atoms with van der Waals surface area (Å²) in [4.78, 5) is 2.60. The van der Waals surface area contributed by atoms with Crippen LogP contribution in [0.1, 0.15) is 32.3 Å². The van der Waals surface area contributed by atoms with Crippen molar-refractivity contribution in [2.75, 3.05) is 31.5 Å². The highest BCUT2D eigenvalue weighted by Gasteiger charge is 2.20. The molecule has 0 saturated carbocycles. The normalized spacial score (nSPS) is 17.9. The van der Waals surface area contributed by atoms with E-state index in [1.54, 1.807) is 0 Å². The Bertz CT molecular complexity index is 361. The van der Waals surface area contributed by atoms with Crippen molar-refractivity contribution in [3.63, 3.8) is 0 Å². The van der Waals surface area contributed by atoms with Crippen LogP contribution in [0.3, 0.4) is 0 Å². The zero-order valence-corrected chi connectivity index (χ0v) is 12.7. The molecule has 19 heavy (non-hydrogen) atoms. The van der Waals surface area contributed by atoms with Gasteiger partial charge >= 0.3 is 0 Å². The Balaban J connectivity index is 1.65. The van der Waals surface area contributed by atoms with Crippen LogP contribution in [0.15, 0.2) is 24.3 Å². The average Bonchev–Trinajstić information content (AvgIpc) is 2.41. The number of aryl methyl sites for hydroxylation is 1. The van der Waals surface area contributed by atoms with Crippen molar-refractivity contribution in [3.05, 3.63) is 29.8 Å². The quantitative estimate of drug-likeness (QED) is 0.867. The van der Waals surface area contributed by atoms with E-state index in [9.17, 15) is 0 Å². The molecule has 1 saturated heterocycles. The summed E-state index contributed by atoms with van der Waals surface area (Å²) >= 11 is 0. The number of anilines is 1. The van der Waals surface area contributed by atoms with Crippen LogP contribution in [0.2, 0.25) is 0 Å². The van der Waals surface area contributed by atoms with Gasteiger partial charge in [-0.05, 0) is 56.8 Å². The summed E-state index contributed by atoms with van der Waals surface area (Å²) in [6, 6.07) is 8.66. The van der Waals surface area contributed by atoms with E-state index in [-0.39, 0.29) is 0 Å². The third kappa shape index (κ3) is 4.54. The van der Waals surface area contributed by atoms with Gasteiger partial charge in [-0.1, -0.05) is 31.5 Å². The van der Waals surface area contributed by atoms with Crippen LogP contribution < -0.4 is 5.32 Å². The van der Waals surface area contributed by atoms with Gasteiger partial charge in [-0.25, -0.2) is 0 Å². The third-order valence-corrected chi connectivity index (χ3v) is 4.38. The predicted molar refractivity (Wildman–Crippen MR) is 83.7 cm³/mol. The Kier molecular flexibility index (Phi) is 5.26. The van der Waals surface area contributed by atoms with Gasteiger partial charge in [0.25, 0.3) is 0 Å². The van der Waals surface area contributed by atoms with E-state index < -0.39 is 0 Å². The molecule has 0 atom stereocenters. The van der Waals surface area contributed by atoms with Crippen molar-refractivity contribution >= 4 is 5.69 Å². The van der Waals surface area contributed by atoms with Gasteiger partial charge in [0.1, 0.15) is 0 Å². The first-order valence-electron chi connectivity index (χ1n) is 7.68. The van der Waals surface area contributed by atoms with Gasteiger partial charge < -0.3 is 10.2 Å². The molecule has 2 nitrogen and oxygen atoms in total. The molecular weight excluding hydrogens is 232 g/mol. The fourth-order valence-corrected chi connectivity index (χ4v) is 2.87. The van der Waals surface area contributed by atoms with Gasteiger partial charge in [0.2, 0.25) is 0 Å². The van der Waals surface area contributed by atoms with E-state index in [0.717, 1.165) is 18.4 Å². The molecule has 106 valence electrons. The molecule has 0 radical (unpaired) electrons. The molecule has 0 unspecified atom stereocenters. The maximum atomic E-state index is 3.51. The number of hydrogen-bond acceptors (Lipinski definition) is 2.